The number of hydrogen-bond acceptors (Lipinski definition) is 4. The Morgan fingerprint density at radius 3 is 1.29 bits per heavy atom. The van der Waals surface area contributed by atoms with Crippen molar-refractivity contribution in [1.29, 1.82) is 0 Å². The predicted octanol–water partition coefficient (Wildman–Crippen LogP) is 5.57. The van der Waals surface area contributed by atoms with E-state index in [4.69, 9.17) is 0 Å². The molecule has 0 saturated carbocycles. The van der Waals surface area contributed by atoms with Crippen LogP contribution in [0.4, 0.5) is 0 Å². The lowest BCUT2D eigenvalue weighted by molar-refractivity contribution is 0.0950. The van der Waals surface area contributed by atoms with Gasteiger partial charge in [0.1, 0.15) is 11.5 Å². The number of ketones is 2. The zero-order chi connectivity index (χ0) is 21.2. The Bertz CT molecular complexity index is 861. The minimum atomic E-state index is -0.101. The second-order valence-electron chi connectivity index (χ2n) is 7.77. The highest BCUT2D eigenvalue weighted by molar-refractivity contribution is 6.01. The van der Waals surface area contributed by atoms with Gasteiger partial charge in [0, 0.05) is 12.8 Å². The van der Waals surface area contributed by atoms with Crippen molar-refractivity contribution in [1.82, 2.24) is 0 Å². The van der Waals surface area contributed by atoms with Gasteiger partial charge in [-0.2, -0.15) is 0 Å². The number of carbonyl (C=O) groups is 2. The molecule has 4 heteroatoms. The van der Waals surface area contributed by atoms with Crippen LogP contribution in [0.2, 0.25) is 0 Å². The van der Waals surface area contributed by atoms with E-state index in [0.717, 1.165) is 33.4 Å². The van der Waals surface area contributed by atoms with Gasteiger partial charge in [-0.25, -0.2) is 0 Å². The molecule has 150 valence electrons. The predicted molar refractivity (Wildman–Crippen MR) is 112 cm³/mol. The Kier molecular flexibility index (Phi) is 6.65. The van der Waals surface area contributed by atoms with E-state index in [-0.39, 0.29) is 35.9 Å². The first kappa shape index (κ1) is 21.7. The van der Waals surface area contributed by atoms with Gasteiger partial charge in [-0.3, -0.25) is 9.59 Å². The number of phenolic OH excluding ortho intramolecular Hbond substituents is 2. The van der Waals surface area contributed by atoms with Crippen molar-refractivity contribution in [2.75, 3.05) is 0 Å². The Morgan fingerprint density at radius 1 is 0.643 bits per heavy atom. The number of carbonyl (C=O) groups excluding carboxylic acids is 2. The zero-order valence-electron chi connectivity index (χ0n) is 17.7. The summed E-state index contributed by atoms with van der Waals surface area (Å²) < 4.78 is 0. The summed E-state index contributed by atoms with van der Waals surface area (Å²) in [6.07, 6.45) is 1.67. The summed E-state index contributed by atoms with van der Waals surface area (Å²) >= 11 is 0. The maximum Gasteiger partial charge on any atom is 0.166 e. The molecule has 0 saturated heterocycles. The van der Waals surface area contributed by atoms with E-state index in [1.54, 1.807) is 13.8 Å². The lowest BCUT2D eigenvalue weighted by Gasteiger charge is -2.13. The lowest BCUT2D eigenvalue weighted by atomic mass is 9.92. The first-order chi connectivity index (χ1) is 13.1. The van der Waals surface area contributed by atoms with Crippen LogP contribution in [0.5, 0.6) is 11.5 Å². The Balaban J connectivity index is 2.01. The van der Waals surface area contributed by atoms with Gasteiger partial charge in [-0.15, -0.1) is 0 Å². The topological polar surface area (TPSA) is 74.6 Å². The molecule has 2 aromatic rings. The SMILES string of the molecule is Cc1cc(C)c(C(=O)CCCCC(=O)c2c(C)cc(C)c(C)c2O)c(O)c1C. The summed E-state index contributed by atoms with van der Waals surface area (Å²) in [5, 5.41) is 20.7. The molecule has 0 aliphatic rings. The third-order valence-corrected chi connectivity index (χ3v) is 5.64. The number of phenols is 2. The molecule has 0 fully saturated rings. The van der Waals surface area contributed by atoms with E-state index >= 15 is 0 Å². The number of aryl methyl sites for hydroxylation is 4. The molecule has 2 rings (SSSR count). The smallest absolute Gasteiger partial charge is 0.166 e. The highest BCUT2D eigenvalue weighted by Gasteiger charge is 2.19. The van der Waals surface area contributed by atoms with Gasteiger partial charge < -0.3 is 10.2 Å². The summed E-state index contributed by atoms with van der Waals surface area (Å²) in [4.78, 5) is 25.1. The van der Waals surface area contributed by atoms with Crippen molar-refractivity contribution in [3.63, 3.8) is 0 Å². The van der Waals surface area contributed by atoms with E-state index in [1.807, 2.05) is 39.8 Å². The quantitative estimate of drug-likeness (QED) is 0.484. The number of Topliss-reactive ketones (excluding diaryl/α,β-unsaturated/α-hetero) is 2. The molecular formula is C24H30O4. The van der Waals surface area contributed by atoms with Crippen LogP contribution >= 0.6 is 0 Å². The van der Waals surface area contributed by atoms with Crippen LogP contribution in [0.1, 0.15) is 79.8 Å². The molecule has 0 heterocycles. The number of unbranched alkanes of at least 4 members (excludes halogenated alkanes) is 1. The molecule has 0 aliphatic heterocycles. The van der Waals surface area contributed by atoms with Gasteiger partial charge in [-0.05, 0) is 87.8 Å². The molecule has 0 bridgehead atoms. The minimum absolute atomic E-state index is 0.0641. The third kappa shape index (κ3) is 4.27. The largest absolute Gasteiger partial charge is 0.507 e. The standard InChI is InChI=1S/C24H30O4/c1-13-11-15(3)21(23(27)17(13)5)19(25)9-7-8-10-20(26)22-16(4)12-14(2)18(6)24(22)28/h11-12,27-28H,7-10H2,1-6H3. The molecule has 0 unspecified atom stereocenters. The van der Waals surface area contributed by atoms with Crippen molar-refractivity contribution in [3.05, 3.63) is 56.6 Å². The summed E-state index contributed by atoms with van der Waals surface area (Å²) in [6, 6.07) is 3.83. The van der Waals surface area contributed by atoms with E-state index in [1.165, 1.54) is 0 Å². The van der Waals surface area contributed by atoms with Crippen LogP contribution in [0.25, 0.3) is 0 Å². The minimum Gasteiger partial charge on any atom is -0.507 e. The average Bonchev–Trinajstić information content (AvgIpc) is 2.61. The Hall–Kier alpha value is -2.62. The Morgan fingerprint density at radius 2 is 0.964 bits per heavy atom. The van der Waals surface area contributed by atoms with Gasteiger partial charge >= 0.3 is 0 Å². The first-order valence-corrected chi connectivity index (χ1v) is 9.72. The molecular weight excluding hydrogens is 352 g/mol. The van der Waals surface area contributed by atoms with Gasteiger partial charge in [0.2, 0.25) is 0 Å². The summed E-state index contributed by atoms with van der Waals surface area (Å²) in [5.41, 5.74) is 5.69. The summed E-state index contributed by atoms with van der Waals surface area (Å²) in [5.74, 6) is -0.0741. The molecule has 0 radical (unpaired) electrons. The van der Waals surface area contributed by atoms with Crippen molar-refractivity contribution >= 4 is 11.6 Å². The second-order valence-corrected chi connectivity index (χ2v) is 7.77. The first-order valence-electron chi connectivity index (χ1n) is 9.72. The number of rotatable bonds is 7. The van der Waals surface area contributed by atoms with Crippen LogP contribution in [0.15, 0.2) is 12.1 Å². The van der Waals surface area contributed by atoms with Gasteiger partial charge in [0.15, 0.2) is 11.6 Å². The van der Waals surface area contributed by atoms with Gasteiger partial charge in [0.05, 0.1) is 11.1 Å². The van der Waals surface area contributed by atoms with E-state index < -0.39 is 0 Å². The molecule has 0 aliphatic carbocycles. The summed E-state index contributed by atoms with van der Waals surface area (Å²) in [6.45, 7) is 11.1. The van der Waals surface area contributed by atoms with E-state index in [2.05, 4.69) is 0 Å². The lowest BCUT2D eigenvalue weighted by Crippen LogP contribution is -2.07. The monoisotopic (exact) mass is 382 g/mol. The maximum atomic E-state index is 12.6. The second kappa shape index (κ2) is 8.59. The molecule has 2 aromatic carbocycles. The summed E-state index contributed by atoms with van der Waals surface area (Å²) in [7, 11) is 0. The van der Waals surface area contributed by atoms with E-state index in [0.29, 0.717) is 24.0 Å². The molecule has 0 aromatic heterocycles. The molecule has 0 amide bonds. The van der Waals surface area contributed by atoms with Crippen LogP contribution in [0, 0.1) is 41.5 Å². The van der Waals surface area contributed by atoms with Crippen LogP contribution in [-0.4, -0.2) is 21.8 Å². The van der Waals surface area contributed by atoms with Crippen molar-refractivity contribution in [3.8, 4) is 11.5 Å². The molecule has 4 nitrogen and oxygen atoms in total. The molecule has 0 spiro atoms. The number of hydrogen-bond donors (Lipinski definition) is 2. The fraction of sp³-hybridized carbons (Fsp3) is 0.417. The fourth-order valence-corrected chi connectivity index (χ4v) is 3.66. The molecule has 0 atom stereocenters. The van der Waals surface area contributed by atoms with Gasteiger partial charge in [0.25, 0.3) is 0 Å². The van der Waals surface area contributed by atoms with Crippen molar-refractivity contribution in [2.24, 2.45) is 0 Å². The average molecular weight is 383 g/mol. The molecule has 28 heavy (non-hydrogen) atoms. The maximum absolute atomic E-state index is 12.6. The Labute approximate surface area is 167 Å². The van der Waals surface area contributed by atoms with E-state index in [9.17, 15) is 19.8 Å². The van der Waals surface area contributed by atoms with Crippen LogP contribution in [0.3, 0.4) is 0 Å². The number of benzene rings is 2. The van der Waals surface area contributed by atoms with Crippen molar-refractivity contribution < 1.29 is 19.8 Å². The zero-order valence-corrected chi connectivity index (χ0v) is 17.7. The number of aromatic hydroxyl groups is 2. The van der Waals surface area contributed by atoms with Gasteiger partial charge in [-0.1, -0.05) is 12.1 Å². The fourth-order valence-electron chi connectivity index (χ4n) is 3.66. The van der Waals surface area contributed by atoms with Crippen molar-refractivity contribution in [2.45, 2.75) is 67.2 Å². The normalized spacial score (nSPS) is 10.9. The molecule has 2 N–H and O–H groups in total. The highest BCUT2D eigenvalue weighted by Crippen LogP contribution is 2.31. The van der Waals surface area contributed by atoms with Crippen LogP contribution in [-0.2, 0) is 0 Å². The third-order valence-electron chi connectivity index (χ3n) is 5.64. The highest BCUT2D eigenvalue weighted by atomic mass is 16.3. The van der Waals surface area contributed by atoms with Crippen LogP contribution < -0.4 is 0 Å².